The Kier molecular flexibility index (Phi) is 4.37. The Morgan fingerprint density at radius 3 is 2.71 bits per heavy atom. The average molecular weight is 290 g/mol. The van der Waals surface area contributed by atoms with Gasteiger partial charge in [-0.05, 0) is 59.3 Å². The molecule has 0 aromatic carbocycles. The minimum atomic E-state index is 0.247. The quantitative estimate of drug-likeness (QED) is 0.624. The number of hydrazine groups is 1. The highest BCUT2D eigenvalue weighted by Crippen LogP contribution is 2.28. The average Bonchev–Trinajstić information content (AvgIpc) is 2.67. The molecule has 116 valence electrons. The van der Waals surface area contributed by atoms with E-state index in [0.717, 1.165) is 44.1 Å². The third-order valence-electron chi connectivity index (χ3n) is 4.70. The van der Waals surface area contributed by atoms with Gasteiger partial charge in [-0.25, -0.2) is 15.8 Å². The number of likely N-dealkylation sites (N-methyl/N-ethyl adjacent to an activating group) is 2. The van der Waals surface area contributed by atoms with Crippen molar-refractivity contribution in [3.63, 3.8) is 0 Å². The Morgan fingerprint density at radius 2 is 1.90 bits per heavy atom. The third kappa shape index (κ3) is 3.02. The SMILES string of the molecule is CN1CCCN(C)C(c2nc3c(c(NN)n2)CCCC3)C1. The Labute approximate surface area is 126 Å². The molecule has 3 rings (SSSR count). The summed E-state index contributed by atoms with van der Waals surface area (Å²) >= 11 is 0. The number of hydrogen-bond donors (Lipinski definition) is 2. The minimum absolute atomic E-state index is 0.247. The van der Waals surface area contributed by atoms with Crippen LogP contribution >= 0.6 is 0 Å². The van der Waals surface area contributed by atoms with Gasteiger partial charge in [-0.1, -0.05) is 0 Å². The molecule has 1 atom stereocenters. The lowest BCUT2D eigenvalue weighted by atomic mass is 9.96. The molecule has 1 aliphatic carbocycles. The maximum atomic E-state index is 5.70. The van der Waals surface area contributed by atoms with Crippen LogP contribution in [0, 0.1) is 0 Å². The summed E-state index contributed by atoms with van der Waals surface area (Å²) in [4.78, 5) is 14.4. The van der Waals surface area contributed by atoms with Crippen LogP contribution in [0.1, 0.15) is 42.4 Å². The van der Waals surface area contributed by atoms with Gasteiger partial charge in [-0.3, -0.25) is 4.90 Å². The molecule has 0 amide bonds. The minimum Gasteiger partial charge on any atom is -0.308 e. The highest BCUT2D eigenvalue weighted by molar-refractivity contribution is 5.47. The van der Waals surface area contributed by atoms with Gasteiger partial charge >= 0.3 is 0 Å². The Balaban J connectivity index is 1.97. The van der Waals surface area contributed by atoms with Crippen LogP contribution in [-0.4, -0.2) is 53.5 Å². The van der Waals surface area contributed by atoms with E-state index >= 15 is 0 Å². The Morgan fingerprint density at radius 1 is 1.10 bits per heavy atom. The number of anilines is 1. The van der Waals surface area contributed by atoms with Gasteiger partial charge in [0.1, 0.15) is 11.6 Å². The molecule has 6 heteroatoms. The molecule has 2 heterocycles. The van der Waals surface area contributed by atoms with E-state index in [1.165, 1.54) is 30.5 Å². The molecular formula is C15H26N6. The first kappa shape index (κ1) is 14.7. The zero-order valence-corrected chi connectivity index (χ0v) is 13.1. The Hall–Kier alpha value is -1.24. The molecule has 1 aromatic rings. The number of rotatable bonds is 2. The first-order valence-corrected chi connectivity index (χ1v) is 7.94. The molecule has 1 unspecified atom stereocenters. The largest absolute Gasteiger partial charge is 0.308 e. The molecule has 6 nitrogen and oxygen atoms in total. The van der Waals surface area contributed by atoms with Crippen LogP contribution in [0.25, 0.3) is 0 Å². The summed E-state index contributed by atoms with van der Waals surface area (Å²) in [6, 6.07) is 0.247. The summed E-state index contributed by atoms with van der Waals surface area (Å²) in [6.07, 6.45) is 5.70. The van der Waals surface area contributed by atoms with Crippen molar-refractivity contribution in [3.8, 4) is 0 Å². The van der Waals surface area contributed by atoms with Crippen molar-refractivity contribution in [1.82, 2.24) is 19.8 Å². The Bertz CT molecular complexity index is 486. The molecular weight excluding hydrogens is 264 g/mol. The van der Waals surface area contributed by atoms with Gasteiger partial charge in [-0.2, -0.15) is 0 Å². The predicted octanol–water partition coefficient (Wildman–Crippen LogP) is 0.949. The van der Waals surface area contributed by atoms with E-state index in [1.54, 1.807) is 0 Å². The highest BCUT2D eigenvalue weighted by Gasteiger charge is 2.27. The van der Waals surface area contributed by atoms with Gasteiger partial charge in [0.25, 0.3) is 0 Å². The fourth-order valence-electron chi connectivity index (χ4n) is 3.43. The smallest absolute Gasteiger partial charge is 0.149 e. The van der Waals surface area contributed by atoms with Crippen LogP contribution in [-0.2, 0) is 12.8 Å². The van der Waals surface area contributed by atoms with Crippen LogP contribution in [0.15, 0.2) is 0 Å². The van der Waals surface area contributed by atoms with Gasteiger partial charge in [0, 0.05) is 17.8 Å². The molecule has 0 saturated carbocycles. The summed E-state index contributed by atoms with van der Waals surface area (Å²) in [5.41, 5.74) is 5.21. The first-order chi connectivity index (χ1) is 10.2. The molecule has 3 N–H and O–H groups in total. The van der Waals surface area contributed by atoms with Crippen molar-refractivity contribution in [3.05, 3.63) is 17.1 Å². The second-order valence-corrected chi connectivity index (χ2v) is 6.32. The monoisotopic (exact) mass is 290 g/mol. The van der Waals surface area contributed by atoms with E-state index in [2.05, 4.69) is 29.3 Å². The summed E-state index contributed by atoms with van der Waals surface area (Å²) < 4.78 is 0. The topological polar surface area (TPSA) is 70.3 Å². The number of nitrogen functional groups attached to an aromatic ring is 1. The zero-order chi connectivity index (χ0) is 14.8. The highest BCUT2D eigenvalue weighted by atomic mass is 15.3. The number of nitrogens with one attached hydrogen (secondary N) is 1. The van der Waals surface area contributed by atoms with Gasteiger partial charge in [0.15, 0.2) is 0 Å². The van der Waals surface area contributed by atoms with Crippen molar-refractivity contribution in [2.75, 3.05) is 39.2 Å². The van der Waals surface area contributed by atoms with Crippen molar-refractivity contribution in [2.24, 2.45) is 5.84 Å². The van der Waals surface area contributed by atoms with E-state index in [1.807, 2.05) is 0 Å². The van der Waals surface area contributed by atoms with Crippen molar-refractivity contribution in [1.29, 1.82) is 0 Å². The fraction of sp³-hybridized carbons (Fsp3) is 0.733. The summed E-state index contributed by atoms with van der Waals surface area (Å²) in [6.45, 7) is 3.19. The molecule has 0 bridgehead atoms. The van der Waals surface area contributed by atoms with Crippen LogP contribution in [0.5, 0.6) is 0 Å². The molecule has 2 aliphatic rings. The van der Waals surface area contributed by atoms with Gasteiger partial charge < -0.3 is 10.3 Å². The van der Waals surface area contributed by atoms with Crippen LogP contribution in [0.4, 0.5) is 5.82 Å². The number of hydrogen-bond acceptors (Lipinski definition) is 6. The maximum absolute atomic E-state index is 5.70. The number of nitrogens with two attached hydrogens (primary N) is 1. The fourth-order valence-corrected chi connectivity index (χ4v) is 3.43. The van der Waals surface area contributed by atoms with E-state index in [-0.39, 0.29) is 6.04 Å². The molecule has 1 aliphatic heterocycles. The molecule has 21 heavy (non-hydrogen) atoms. The van der Waals surface area contributed by atoms with E-state index in [4.69, 9.17) is 15.8 Å². The van der Waals surface area contributed by atoms with Crippen molar-refractivity contribution < 1.29 is 0 Å². The standard InChI is InChI=1S/C15H26N6/c1-20-8-5-9-21(2)13(10-20)15-17-12-7-4-3-6-11(12)14(18-15)19-16/h13H,3-10,16H2,1-2H3,(H,17,18,19). The van der Waals surface area contributed by atoms with Crippen molar-refractivity contribution in [2.45, 2.75) is 38.1 Å². The summed E-state index contributed by atoms with van der Waals surface area (Å²) in [5, 5.41) is 0. The van der Waals surface area contributed by atoms with Gasteiger partial charge in [-0.15, -0.1) is 0 Å². The zero-order valence-electron chi connectivity index (χ0n) is 13.1. The molecule has 0 radical (unpaired) electrons. The number of aryl methyl sites for hydroxylation is 1. The number of fused-ring (bicyclic) bond motifs is 1. The van der Waals surface area contributed by atoms with Crippen LogP contribution < -0.4 is 11.3 Å². The van der Waals surface area contributed by atoms with Gasteiger partial charge in [0.2, 0.25) is 0 Å². The van der Waals surface area contributed by atoms with Gasteiger partial charge in [0.05, 0.1) is 6.04 Å². The predicted molar refractivity (Wildman–Crippen MR) is 84.0 cm³/mol. The lowest BCUT2D eigenvalue weighted by Gasteiger charge is -2.28. The molecule has 1 fully saturated rings. The third-order valence-corrected chi connectivity index (χ3v) is 4.70. The van der Waals surface area contributed by atoms with E-state index in [9.17, 15) is 0 Å². The second kappa shape index (κ2) is 6.25. The lowest BCUT2D eigenvalue weighted by Crippen LogP contribution is -2.33. The molecule has 1 saturated heterocycles. The summed E-state index contributed by atoms with van der Waals surface area (Å²) in [5.74, 6) is 7.45. The van der Waals surface area contributed by atoms with Crippen molar-refractivity contribution >= 4 is 5.82 Å². The van der Waals surface area contributed by atoms with E-state index < -0.39 is 0 Å². The normalized spacial score (nSPS) is 24.4. The summed E-state index contributed by atoms with van der Waals surface area (Å²) in [7, 11) is 4.34. The maximum Gasteiger partial charge on any atom is 0.149 e. The van der Waals surface area contributed by atoms with Crippen LogP contribution in [0.2, 0.25) is 0 Å². The molecule has 1 aromatic heterocycles. The lowest BCUT2D eigenvalue weighted by molar-refractivity contribution is 0.219. The number of aromatic nitrogens is 2. The van der Waals surface area contributed by atoms with Crippen LogP contribution in [0.3, 0.4) is 0 Å². The molecule has 0 spiro atoms. The van der Waals surface area contributed by atoms with E-state index in [0.29, 0.717) is 0 Å². The second-order valence-electron chi connectivity index (χ2n) is 6.32. The first-order valence-electron chi connectivity index (χ1n) is 7.94. The number of nitrogens with zero attached hydrogens (tertiary/aromatic N) is 4.